The number of rotatable bonds is 3. The predicted molar refractivity (Wildman–Crippen MR) is 132 cm³/mol. The minimum atomic E-state index is -0.614. The van der Waals surface area contributed by atoms with Crippen molar-refractivity contribution in [3.8, 4) is 0 Å². The van der Waals surface area contributed by atoms with E-state index in [4.69, 9.17) is 0 Å². The molecule has 176 valence electrons. The van der Waals surface area contributed by atoms with Crippen LogP contribution in [0.25, 0.3) is 21.0 Å². The lowest BCUT2D eigenvalue weighted by Crippen LogP contribution is -2.42. The van der Waals surface area contributed by atoms with Crippen LogP contribution in [-0.2, 0) is 12.0 Å². The monoisotopic (exact) mass is 478 g/mol. The summed E-state index contributed by atoms with van der Waals surface area (Å²) in [5, 5.41) is 5.84. The molecule has 4 rings (SSSR count). The third-order valence-corrected chi connectivity index (χ3v) is 6.70. The van der Waals surface area contributed by atoms with Gasteiger partial charge in [-0.3, -0.25) is 25.2 Å². The highest BCUT2D eigenvalue weighted by Gasteiger charge is 2.24. The van der Waals surface area contributed by atoms with Crippen LogP contribution >= 0.6 is 11.3 Å². The summed E-state index contributed by atoms with van der Waals surface area (Å²) < 4.78 is 1.23. The maximum absolute atomic E-state index is 13.0. The topological polar surface area (TPSA) is 119 Å². The number of hydrogen-bond donors (Lipinski definition) is 2. The molecular weight excluding hydrogens is 452 g/mol. The Morgan fingerprint density at radius 1 is 1.03 bits per heavy atom. The van der Waals surface area contributed by atoms with E-state index in [2.05, 4.69) is 25.9 Å². The Labute approximate surface area is 200 Å². The summed E-state index contributed by atoms with van der Waals surface area (Å²) in [4.78, 5) is 48.9. The number of aryl methyl sites for hydroxylation is 3. The van der Waals surface area contributed by atoms with E-state index in [0.29, 0.717) is 28.0 Å². The number of nitrogens with zero attached hydrogens (tertiary/aromatic N) is 4. The zero-order chi connectivity index (χ0) is 24.8. The van der Waals surface area contributed by atoms with Gasteiger partial charge in [-0.05, 0) is 32.4 Å². The van der Waals surface area contributed by atoms with Crippen molar-refractivity contribution in [2.45, 2.75) is 53.5 Å². The number of amides is 2. The van der Waals surface area contributed by atoms with E-state index < -0.39 is 11.8 Å². The lowest BCUT2D eigenvalue weighted by atomic mass is 9.95. The standard InChI is InChI=1S/C24H26N6O3S/c1-7-30-22(33)15-11-9-8-10-14(15)17(29-30)19(31)27-28-20(32)18-12(2)16-13(3)25-23(24(4,5)6)26-21(16)34-18/h8-11H,7H2,1-6H3,(H,27,31)(H,28,32). The summed E-state index contributed by atoms with van der Waals surface area (Å²) in [7, 11) is 0. The summed E-state index contributed by atoms with van der Waals surface area (Å²) in [5.74, 6) is -0.363. The molecule has 0 spiro atoms. The number of fused-ring (bicyclic) bond motifs is 2. The van der Waals surface area contributed by atoms with E-state index in [-0.39, 0.29) is 16.7 Å². The molecule has 0 aliphatic rings. The molecule has 0 aliphatic carbocycles. The molecule has 0 radical (unpaired) electrons. The van der Waals surface area contributed by atoms with Gasteiger partial charge in [-0.1, -0.05) is 39.0 Å². The van der Waals surface area contributed by atoms with Gasteiger partial charge in [0, 0.05) is 22.7 Å². The molecule has 0 saturated heterocycles. The highest BCUT2D eigenvalue weighted by atomic mass is 32.1. The number of carbonyl (C=O) groups excluding carboxylic acids is 2. The molecule has 3 aromatic heterocycles. The van der Waals surface area contributed by atoms with E-state index >= 15 is 0 Å². The van der Waals surface area contributed by atoms with Crippen LogP contribution < -0.4 is 16.4 Å². The van der Waals surface area contributed by atoms with Crippen LogP contribution in [0.1, 0.15) is 64.9 Å². The largest absolute Gasteiger partial charge is 0.290 e. The zero-order valence-electron chi connectivity index (χ0n) is 19.9. The van der Waals surface area contributed by atoms with E-state index in [0.717, 1.165) is 21.5 Å². The van der Waals surface area contributed by atoms with Gasteiger partial charge in [-0.15, -0.1) is 11.3 Å². The number of thiophene rings is 1. The number of benzene rings is 1. The summed E-state index contributed by atoms with van der Waals surface area (Å²) in [6.07, 6.45) is 0. The molecule has 34 heavy (non-hydrogen) atoms. The Bertz CT molecular complexity index is 1510. The molecule has 0 bridgehead atoms. The summed E-state index contributed by atoms with van der Waals surface area (Å²) in [6.45, 7) is 11.9. The Morgan fingerprint density at radius 2 is 1.68 bits per heavy atom. The van der Waals surface area contributed by atoms with Crippen molar-refractivity contribution in [2.24, 2.45) is 0 Å². The smallest absolute Gasteiger partial charge is 0.267 e. The normalized spacial score (nSPS) is 11.7. The Morgan fingerprint density at radius 3 is 2.32 bits per heavy atom. The lowest BCUT2D eigenvalue weighted by molar-refractivity contribution is 0.0845. The van der Waals surface area contributed by atoms with Crippen molar-refractivity contribution in [1.82, 2.24) is 30.6 Å². The van der Waals surface area contributed by atoms with Gasteiger partial charge in [-0.2, -0.15) is 5.10 Å². The van der Waals surface area contributed by atoms with Crippen LogP contribution in [0.15, 0.2) is 29.1 Å². The van der Waals surface area contributed by atoms with Gasteiger partial charge in [0.1, 0.15) is 10.7 Å². The first-order valence-corrected chi connectivity index (χ1v) is 11.7. The third-order valence-electron chi connectivity index (χ3n) is 5.52. The second-order valence-corrected chi connectivity index (χ2v) is 10.0. The van der Waals surface area contributed by atoms with Crippen molar-refractivity contribution in [1.29, 1.82) is 0 Å². The Balaban J connectivity index is 1.63. The lowest BCUT2D eigenvalue weighted by Gasteiger charge is -2.16. The molecular formula is C24H26N6O3S. The molecule has 0 unspecified atom stereocenters. The molecule has 0 saturated carbocycles. The van der Waals surface area contributed by atoms with Crippen molar-refractivity contribution < 1.29 is 9.59 Å². The van der Waals surface area contributed by atoms with Crippen LogP contribution in [-0.4, -0.2) is 31.6 Å². The summed E-state index contributed by atoms with van der Waals surface area (Å²) in [6, 6.07) is 6.76. The molecule has 4 aromatic rings. The van der Waals surface area contributed by atoms with Gasteiger partial charge >= 0.3 is 0 Å². The van der Waals surface area contributed by atoms with Crippen molar-refractivity contribution in [3.05, 3.63) is 62.3 Å². The van der Waals surface area contributed by atoms with Crippen LogP contribution in [0.2, 0.25) is 0 Å². The first kappa shape index (κ1) is 23.5. The second kappa shape index (κ2) is 8.60. The first-order valence-electron chi connectivity index (χ1n) is 10.9. The van der Waals surface area contributed by atoms with E-state index in [9.17, 15) is 14.4 Å². The fraction of sp³-hybridized carbons (Fsp3) is 0.333. The highest BCUT2D eigenvalue weighted by molar-refractivity contribution is 7.20. The maximum atomic E-state index is 13.0. The van der Waals surface area contributed by atoms with Gasteiger partial charge in [-0.25, -0.2) is 14.6 Å². The molecule has 3 heterocycles. The first-order chi connectivity index (χ1) is 16.0. The van der Waals surface area contributed by atoms with E-state index in [1.54, 1.807) is 31.2 Å². The number of carbonyl (C=O) groups is 2. The summed E-state index contributed by atoms with van der Waals surface area (Å²) >= 11 is 1.26. The molecule has 9 nitrogen and oxygen atoms in total. The van der Waals surface area contributed by atoms with Gasteiger partial charge < -0.3 is 0 Å². The Hall–Kier alpha value is -3.66. The molecule has 2 amide bonds. The SMILES string of the molecule is CCn1nc(C(=O)NNC(=O)c2sc3nc(C(C)(C)C)nc(C)c3c2C)c2ccccc2c1=O. The Kier molecular flexibility index (Phi) is 5.94. The van der Waals surface area contributed by atoms with Crippen molar-refractivity contribution in [3.63, 3.8) is 0 Å². The molecule has 10 heteroatoms. The second-order valence-electron chi connectivity index (χ2n) is 9.04. The third kappa shape index (κ3) is 4.05. The number of hydrazine groups is 1. The quantitative estimate of drug-likeness (QED) is 0.436. The molecule has 0 aliphatic heterocycles. The van der Waals surface area contributed by atoms with Gasteiger partial charge in [0.15, 0.2) is 5.69 Å². The minimum Gasteiger partial charge on any atom is -0.267 e. The van der Waals surface area contributed by atoms with Crippen molar-refractivity contribution in [2.75, 3.05) is 0 Å². The van der Waals surface area contributed by atoms with Gasteiger partial charge in [0.2, 0.25) is 0 Å². The zero-order valence-corrected chi connectivity index (χ0v) is 20.8. The fourth-order valence-electron chi connectivity index (χ4n) is 3.74. The molecule has 0 atom stereocenters. The number of aromatic nitrogens is 4. The minimum absolute atomic E-state index is 0.0574. The van der Waals surface area contributed by atoms with E-state index in [1.165, 1.54) is 16.0 Å². The fourth-order valence-corrected chi connectivity index (χ4v) is 4.86. The maximum Gasteiger partial charge on any atom is 0.290 e. The van der Waals surface area contributed by atoms with Crippen LogP contribution in [0, 0.1) is 13.8 Å². The summed E-state index contributed by atoms with van der Waals surface area (Å²) in [5.41, 5.74) is 6.04. The van der Waals surface area contributed by atoms with Gasteiger partial charge in [0.05, 0.1) is 16.0 Å². The average Bonchev–Trinajstić information content (AvgIpc) is 3.14. The molecule has 0 fully saturated rings. The average molecular weight is 479 g/mol. The number of nitrogens with one attached hydrogen (secondary N) is 2. The van der Waals surface area contributed by atoms with Crippen LogP contribution in [0.4, 0.5) is 0 Å². The predicted octanol–water partition coefficient (Wildman–Crippen LogP) is 3.41. The molecule has 1 aromatic carbocycles. The van der Waals surface area contributed by atoms with Crippen LogP contribution in [0.5, 0.6) is 0 Å². The molecule has 2 N–H and O–H groups in total. The van der Waals surface area contributed by atoms with Gasteiger partial charge in [0.25, 0.3) is 17.4 Å². The van der Waals surface area contributed by atoms with Crippen LogP contribution in [0.3, 0.4) is 0 Å². The van der Waals surface area contributed by atoms with Crippen molar-refractivity contribution >= 4 is 44.1 Å². The van der Waals surface area contributed by atoms with E-state index in [1.807, 2.05) is 34.6 Å². The number of hydrogen-bond acceptors (Lipinski definition) is 7. The highest BCUT2D eigenvalue weighted by Crippen LogP contribution is 2.33.